The normalized spacial score (nSPS) is 18.4. The largest absolute Gasteiger partial charge is 0.312 e. The molecule has 0 radical (unpaired) electrons. The van der Waals surface area contributed by atoms with Crippen molar-refractivity contribution in [3.05, 3.63) is 46.5 Å². The van der Waals surface area contributed by atoms with Crippen LogP contribution in [0.1, 0.15) is 54.8 Å². The molecule has 0 bridgehead atoms. The van der Waals surface area contributed by atoms with Crippen molar-refractivity contribution in [3.63, 3.8) is 0 Å². The highest BCUT2D eigenvalue weighted by atomic mass is 32.1. The van der Waals surface area contributed by atoms with Crippen LogP contribution in [-0.2, 0) is 13.0 Å². The van der Waals surface area contributed by atoms with Crippen LogP contribution in [0.4, 0.5) is 0 Å². The van der Waals surface area contributed by atoms with Gasteiger partial charge in [-0.05, 0) is 54.4 Å². The summed E-state index contributed by atoms with van der Waals surface area (Å²) in [5.41, 5.74) is 6.39. The number of nitrogens with zero attached hydrogens (tertiary/aromatic N) is 2. The molecule has 4 heteroatoms. The molecule has 0 spiro atoms. The Morgan fingerprint density at radius 1 is 1.00 bits per heavy atom. The van der Waals surface area contributed by atoms with Crippen LogP contribution in [0.3, 0.4) is 0 Å². The molecular weight excluding hydrogens is 326 g/mol. The Kier molecular flexibility index (Phi) is 4.03. The van der Waals surface area contributed by atoms with Gasteiger partial charge in [-0.1, -0.05) is 31.4 Å². The third-order valence-electron chi connectivity index (χ3n) is 5.77. The smallest absolute Gasteiger partial charge is 0.102 e. The number of benzene rings is 1. The van der Waals surface area contributed by atoms with Crippen molar-refractivity contribution in [3.8, 4) is 11.3 Å². The van der Waals surface area contributed by atoms with Crippen LogP contribution in [0.15, 0.2) is 29.6 Å². The Balaban J connectivity index is 1.59. The third kappa shape index (κ3) is 2.77. The molecule has 1 N–H and O–H groups in total. The van der Waals surface area contributed by atoms with Gasteiger partial charge in [0, 0.05) is 23.4 Å². The van der Waals surface area contributed by atoms with Crippen LogP contribution in [0.25, 0.3) is 21.3 Å². The molecule has 2 aliphatic rings. The fourth-order valence-corrected chi connectivity index (χ4v) is 5.34. The second kappa shape index (κ2) is 6.50. The van der Waals surface area contributed by atoms with Gasteiger partial charge in [0.25, 0.3) is 0 Å². The van der Waals surface area contributed by atoms with Crippen molar-refractivity contribution < 1.29 is 0 Å². The van der Waals surface area contributed by atoms with Crippen molar-refractivity contribution in [1.29, 1.82) is 0 Å². The first-order chi connectivity index (χ1) is 12.4. The molecule has 0 saturated heterocycles. The molecule has 1 aliphatic heterocycles. The molecule has 0 atom stereocenters. The maximum Gasteiger partial charge on any atom is 0.102 e. The van der Waals surface area contributed by atoms with E-state index in [9.17, 15) is 0 Å². The standard InChI is InChI=1S/C21H23N3S/c1-2-4-14(5-3-1)20-21-18(9-11-25-21)19(23-24-20)16-6-7-17-13-22-10-8-15(17)12-16/h6-7,9,11-12,14,22H,1-5,8,10,13H2. The lowest BCUT2D eigenvalue weighted by Gasteiger charge is -2.21. The number of rotatable bonds is 2. The van der Waals surface area contributed by atoms with E-state index >= 15 is 0 Å². The summed E-state index contributed by atoms with van der Waals surface area (Å²) in [5, 5.41) is 16.4. The average molecular weight is 350 g/mol. The number of aromatic nitrogens is 2. The number of thiophene rings is 1. The monoisotopic (exact) mass is 349 g/mol. The summed E-state index contributed by atoms with van der Waals surface area (Å²) in [6.07, 6.45) is 7.68. The predicted molar refractivity (Wildman–Crippen MR) is 104 cm³/mol. The molecule has 128 valence electrons. The highest BCUT2D eigenvalue weighted by Gasteiger charge is 2.22. The maximum absolute atomic E-state index is 4.74. The molecule has 0 unspecified atom stereocenters. The van der Waals surface area contributed by atoms with Crippen molar-refractivity contribution in [2.75, 3.05) is 6.54 Å². The van der Waals surface area contributed by atoms with E-state index in [1.807, 2.05) is 11.3 Å². The van der Waals surface area contributed by atoms with Crippen molar-refractivity contribution in [2.24, 2.45) is 0 Å². The minimum Gasteiger partial charge on any atom is -0.312 e. The molecule has 0 amide bonds. The molecule has 3 nitrogen and oxygen atoms in total. The summed E-state index contributed by atoms with van der Waals surface area (Å²) in [5.74, 6) is 0.603. The molecule has 5 rings (SSSR count). The van der Waals surface area contributed by atoms with Gasteiger partial charge in [0.15, 0.2) is 0 Å². The van der Waals surface area contributed by atoms with Crippen LogP contribution in [0, 0.1) is 0 Å². The van der Waals surface area contributed by atoms with E-state index in [1.165, 1.54) is 64.6 Å². The van der Waals surface area contributed by atoms with Crippen molar-refractivity contribution in [1.82, 2.24) is 15.5 Å². The number of hydrogen-bond acceptors (Lipinski definition) is 4. The Morgan fingerprint density at radius 2 is 1.92 bits per heavy atom. The number of hydrogen-bond donors (Lipinski definition) is 1. The lowest BCUT2D eigenvalue weighted by atomic mass is 9.86. The van der Waals surface area contributed by atoms with E-state index < -0.39 is 0 Å². The Hall–Kier alpha value is -1.78. The molecular formula is C21H23N3S. The second-order valence-corrected chi connectivity index (χ2v) is 8.26. The first-order valence-corrected chi connectivity index (χ1v) is 10.3. The zero-order chi connectivity index (χ0) is 16.6. The molecule has 3 heterocycles. The molecule has 1 aromatic carbocycles. The van der Waals surface area contributed by atoms with Gasteiger partial charge in [0.2, 0.25) is 0 Å². The third-order valence-corrected chi connectivity index (χ3v) is 6.71. The van der Waals surface area contributed by atoms with Gasteiger partial charge < -0.3 is 5.32 Å². The van der Waals surface area contributed by atoms with Gasteiger partial charge in [-0.3, -0.25) is 0 Å². The van der Waals surface area contributed by atoms with Crippen LogP contribution < -0.4 is 5.32 Å². The molecule has 1 saturated carbocycles. The average Bonchev–Trinajstić information content (AvgIpc) is 3.17. The molecule has 3 aromatic rings. The maximum atomic E-state index is 4.74. The fourth-order valence-electron chi connectivity index (χ4n) is 4.38. The van der Waals surface area contributed by atoms with Gasteiger partial charge in [0.1, 0.15) is 5.69 Å². The van der Waals surface area contributed by atoms with Gasteiger partial charge >= 0.3 is 0 Å². The van der Waals surface area contributed by atoms with Crippen LogP contribution in [-0.4, -0.2) is 16.7 Å². The summed E-state index contributed by atoms with van der Waals surface area (Å²) in [6, 6.07) is 9.04. The molecule has 1 aliphatic carbocycles. The van der Waals surface area contributed by atoms with Gasteiger partial charge in [-0.15, -0.1) is 16.4 Å². The molecule has 25 heavy (non-hydrogen) atoms. The molecule has 1 fully saturated rings. The van der Waals surface area contributed by atoms with Crippen molar-refractivity contribution in [2.45, 2.75) is 51.0 Å². The number of fused-ring (bicyclic) bond motifs is 2. The Morgan fingerprint density at radius 3 is 2.84 bits per heavy atom. The minimum absolute atomic E-state index is 0.603. The summed E-state index contributed by atoms with van der Waals surface area (Å²) < 4.78 is 1.36. The topological polar surface area (TPSA) is 37.8 Å². The summed E-state index contributed by atoms with van der Waals surface area (Å²) >= 11 is 1.83. The fraction of sp³-hybridized carbons (Fsp3) is 0.429. The van der Waals surface area contributed by atoms with E-state index in [2.05, 4.69) is 35.0 Å². The zero-order valence-corrected chi connectivity index (χ0v) is 15.2. The van der Waals surface area contributed by atoms with Gasteiger partial charge in [-0.25, -0.2) is 0 Å². The summed E-state index contributed by atoms with van der Waals surface area (Å²) in [6.45, 7) is 2.05. The highest BCUT2D eigenvalue weighted by molar-refractivity contribution is 7.17. The SMILES string of the molecule is c1cc2c(-c3ccc4c(c3)CCNC4)nnc(C3CCCCC3)c2s1. The number of nitrogens with one attached hydrogen (secondary N) is 1. The van der Waals surface area contributed by atoms with E-state index in [0.29, 0.717) is 5.92 Å². The summed E-state index contributed by atoms with van der Waals surface area (Å²) in [7, 11) is 0. The molecule has 2 aromatic heterocycles. The van der Waals surface area contributed by atoms with Crippen LogP contribution >= 0.6 is 11.3 Å². The van der Waals surface area contributed by atoms with Gasteiger partial charge in [0.05, 0.1) is 10.4 Å². The van der Waals surface area contributed by atoms with E-state index in [-0.39, 0.29) is 0 Å². The van der Waals surface area contributed by atoms with Crippen LogP contribution in [0.2, 0.25) is 0 Å². The Bertz CT molecular complexity index is 909. The van der Waals surface area contributed by atoms with E-state index in [0.717, 1.165) is 25.2 Å². The second-order valence-electron chi connectivity index (χ2n) is 7.34. The lowest BCUT2D eigenvalue weighted by Crippen LogP contribution is -2.23. The highest BCUT2D eigenvalue weighted by Crippen LogP contribution is 2.39. The zero-order valence-electron chi connectivity index (χ0n) is 14.4. The summed E-state index contributed by atoms with van der Waals surface area (Å²) in [4.78, 5) is 0. The van der Waals surface area contributed by atoms with Crippen molar-refractivity contribution >= 4 is 21.4 Å². The Labute approximate surface area is 152 Å². The predicted octanol–water partition coefficient (Wildman–Crippen LogP) is 5.05. The quantitative estimate of drug-likeness (QED) is 0.703. The lowest BCUT2D eigenvalue weighted by molar-refractivity contribution is 0.437. The first kappa shape index (κ1) is 15.5. The van der Waals surface area contributed by atoms with Crippen LogP contribution in [0.5, 0.6) is 0 Å². The van der Waals surface area contributed by atoms with E-state index in [1.54, 1.807) is 0 Å². The van der Waals surface area contributed by atoms with Gasteiger partial charge in [-0.2, -0.15) is 5.10 Å². The van der Waals surface area contributed by atoms with E-state index in [4.69, 9.17) is 10.2 Å². The minimum atomic E-state index is 0.603. The first-order valence-electron chi connectivity index (χ1n) is 9.47.